The van der Waals surface area contributed by atoms with Gasteiger partial charge < -0.3 is 5.32 Å². The Kier molecular flexibility index (Phi) is 4.94. The summed E-state index contributed by atoms with van der Waals surface area (Å²) in [6.45, 7) is 2.52. The van der Waals surface area contributed by atoms with E-state index in [4.69, 9.17) is 0 Å². The van der Waals surface area contributed by atoms with Crippen LogP contribution in [0.2, 0.25) is 0 Å². The van der Waals surface area contributed by atoms with Crippen molar-refractivity contribution in [3.63, 3.8) is 0 Å². The molecule has 1 aliphatic heterocycles. The molecule has 0 saturated carbocycles. The predicted molar refractivity (Wildman–Crippen MR) is 107 cm³/mol. The standard InChI is InChI=1S/C22H22FN3O2/c1-14-7-10-17(23)19(12-14)25-21(27)15-8-9-16-18(13-15)24-20-6-4-2-3-5-11-26(20)22(16)28/h7-10,12-13H,2-6,11H2,1H3,(H,25,27). The van der Waals surface area contributed by atoms with E-state index >= 15 is 0 Å². The third-order valence-electron chi connectivity index (χ3n) is 5.20. The van der Waals surface area contributed by atoms with E-state index in [1.807, 2.05) is 6.92 Å². The smallest absolute Gasteiger partial charge is 0.261 e. The summed E-state index contributed by atoms with van der Waals surface area (Å²) in [4.78, 5) is 30.1. The van der Waals surface area contributed by atoms with Crippen LogP contribution in [0.1, 0.15) is 47.4 Å². The van der Waals surface area contributed by atoms with E-state index in [1.54, 1.807) is 34.9 Å². The number of aromatic nitrogens is 2. The fourth-order valence-electron chi connectivity index (χ4n) is 3.67. The van der Waals surface area contributed by atoms with Crippen LogP contribution in [0.25, 0.3) is 10.9 Å². The van der Waals surface area contributed by atoms with E-state index < -0.39 is 11.7 Å². The number of anilines is 1. The Morgan fingerprint density at radius 2 is 1.93 bits per heavy atom. The zero-order chi connectivity index (χ0) is 19.7. The van der Waals surface area contributed by atoms with Crippen molar-refractivity contribution in [1.29, 1.82) is 0 Å². The molecule has 3 aromatic rings. The molecule has 1 aromatic heterocycles. The highest BCUT2D eigenvalue weighted by Crippen LogP contribution is 2.19. The molecule has 0 saturated heterocycles. The summed E-state index contributed by atoms with van der Waals surface area (Å²) in [5, 5.41) is 3.10. The molecule has 0 fully saturated rings. The van der Waals surface area contributed by atoms with Crippen LogP contribution in [0.3, 0.4) is 0 Å². The van der Waals surface area contributed by atoms with Gasteiger partial charge in [-0.15, -0.1) is 0 Å². The van der Waals surface area contributed by atoms with Gasteiger partial charge in [0.2, 0.25) is 0 Å². The highest BCUT2D eigenvalue weighted by atomic mass is 19.1. The Morgan fingerprint density at radius 1 is 1.11 bits per heavy atom. The highest BCUT2D eigenvalue weighted by molar-refractivity contribution is 6.06. The molecule has 0 atom stereocenters. The number of nitrogens with zero attached hydrogens (tertiary/aromatic N) is 2. The summed E-state index contributed by atoms with van der Waals surface area (Å²) in [5.41, 5.74) is 1.78. The minimum Gasteiger partial charge on any atom is -0.319 e. The number of halogens is 1. The van der Waals surface area contributed by atoms with Crippen LogP contribution in [0.4, 0.5) is 10.1 Å². The Balaban J connectivity index is 1.71. The maximum absolute atomic E-state index is 13.9. The third-order valence-corrected chi connectivity index (χ3v) is 5.20. The predicted octanol–water partition coefficient (Wildman–Crippen LogP) is 4.21. The molecule has 1 N–H and O–H groups in total. The lowest BCUT2D eigenvalue weighted by Crippen LogP contribution is -2.26. The van der Waals surface area contributed by atoms with E-state index in [0.29, 0.717) is 23.0 Å². The first kappa shape index (κ1) is 18.3. The van der Waals surface area contributed by atoms with Crippen molar-refractivity contribution in [3.05, 3.63) is 69.5 Å². The van der Waals surface area contributed by atoms with Crippen molar-refractivity contribution >= 4 is 22.5 Å². The molecule has 28 heavy (non-hydrogen) atoms. The molecular weight excluding hydrogens is 357 g/mol. The van der Waals surface area contributed by atoms with Gasteiger partial charge in [-0.1, -0.05) is 18.9 Å². The number of fused-ring (bicyclic) bond motifs is 2. The van der Waals surface area contributed by atoms with Crippen LogP contribution in [0.5, 0.6) is 0 Å². The Labute approximate surface area is 162 Å². The van der Waals surface area contributed by atoms with Gasteiger partial charge in [-0.25, -0.2) is 9.37 Å². The Hall–Kier alpha value is -3.02. The topological polar surface area (TPSA) is 64.0 Å². The van der Waals surface area contributed by atoms with E-state index in [2.05, 4.69) is 10.3 Å². The van der Waals surface area contributed by atoms with Crippen molar-refractivity contribution in [1.82, 2.24) is 9.55 Å². The van der Waals surface area contributed by atoms with Gasteiger partial charge in [-0.3, -0.25) is 14.2 Å². The molecule has 5 nitrogen and oxygen atoms in total. The molecule has 0 spiro atoms. The van der Waals surface area contributed by atoms with Gasteiger partial charge in [0.05, 0.1) is 16.6 Å². The molecule has 2 heterocycles. The first-order valence-corrected chi connectivity index (χ1v) is 9.64. The van der Waals surface area contributed by atoms with Crippen LogP contribution >= 0.6 is 0 Å². The summed E-state index contributed by atoms with van der Waals surface area (Å²) in [7, 11) is 0. The lowest BCUT2D eigenvalue weighted by atomic mass is 10.1. The minimum absolute atomic E-state index is 0.0569. The molecule has 6 heteroatoms. The second-order valence-corrected chi connectivity index (χ2v) is 7.32. The lowest BCUT2D eigenvalue weighted by Gasteiger charge is -2.16. The van der Waals surface area contributed by atoms with E-state index in [9.17, 15) is 14.0 Å². The fraction of sp³-hybridized carbons (Fsp3) is 0.318. The van der Waals surface area contributed by atoms with Crippen molar-refractivity contribution in [2.75, 3.05) is 5.32 Å². The van der Waals surface area contributed by atoms with Gasteiger partial charge in [0, 0.05) is 18.5 Å². The summed E-state index contributed by atoms with van der Waals surface area (Å²) < 4.78 is 15.7. The summed E-state index contributed by atoms with van der Waals surface area (Å²) in [6, 6.07) is 9.39. The van der Waals surface area contributed by atoms with Crippen LogP contribution in [-0.2, 0) is 13.0 Å². The molecule has 0 bridgehead atoms. The van der Waals surface area contributed by atoms with Crippen molar-refractivity contribution in [2.24, 2.45) is 0 Å². The molecule has 1 amide bonds. The number of aryl methyl sites for hydroxylation is 2. The quantitative estimate of drug-likeness (QED) is 0.725. The number of amides is 1. The highest BCUT2D eigenvalue weighted by Gasteiger charge is 2.15. The summed E-state index contributed by atoms with van der Waals surface area (Å²) in [6.07, 6.45) is 5.00. The monoisotopic (exact) mass is 379 g/mol. The average molecular weight is 379 g/mol. The molecule has 1 aliphatic rings. The fourth-order valence-corrected chi connectivity index (χ4v) is 3.67. The van der Waals surface area contributed by atoms with Gasteiger partial charge in [0.1, 0.15) is 11.6 Å². The molecule has 0 unspecified atom stereocenters. The maximum atomic E-state index is 13.9. The zero-order valence-electron chi connectivity index (χ0n) is 15.8. The van der Waals surface area contributed by atoms with Gasteiger partial charge in [-0.2, -0.15) is 0 Å². The molecule has 2 aromatic carbocycles. The number of rotatable bonds is 2. The number of carbonyl (C=O) groups is 1. The second-order valence-electron chi connectivity index (χ2n) is 7.32. The Bertz CT molecular complexity index is 1120. The number of carbonyl (C=O) groups excluding carboxylic acids is 1. The first-order chi connectivity index (χ1) is 13.5. The second kappa shape index (κ2) is 7.54. The van der Waals surface area contributed by atoms with Crippen LogP contribution in [0, 0.1) is 12.7 Å². The molecule has 0 radical (unpaired) electrons. The van der Waals surface area contributed by atoms with Crippen LogP contribution in [-0.4, -0.2) is 15.5 Å². The first-order valence-electron chi connectivity index (χ1n) is 9.64. The van der Waals surface area contributed by atoms with Gasteiger partial charge in [0.15, 0.2) is 0 Å². The number of nitrogens with one attached hydrogen (secondary N) is 1. The van der Waals surface area contributed by atoms with Gasteiger partial charge in [0.25, 0.3) is 11.5 Å². The largest absolute Gasteiger partial charge is 0.319 e. The molecule has 4 rings (SSSR count). The lowest BCUT2D eigenvalue weighted by molar-refractivity contribution is 0.102. The van der Waals surface area contributed by atoms with Crippen molar-refractivity contribution in [2.45, 2.75) is 45.6 Å². The SMILES string of the molecule is Cc1ccc(F)c(NC(=O)c2ccc3c(=O)n4c(nc3c2)CCCCCC4)c1. The summed E-state index contributed by atoms with van der Waals surface area (Å²) in [5.74, 6) is -0.142. The van der Waals surface area contributed by atoms with Crippen molar-refractivity contribution < 1.29 is 9.18 Å². The molecule has 0 aliphatic carbocycles. The van der Waals surface area contributed by atoms with E-state index in [0.717, 1.165) is 43.5 Å². The number of hydrogen-bond acceptors (Lipinski definition) is 3. The van der Waals surface area contributed by atoms with Gasteiger partial charge >= 0.3 is 0 Å². The van der Waals surface area contributed by atoms with Gasteiger partial charge in [-0.05, 0) is 55.7 Å². The normalized spacial score (nSPS) is 14.2. The average Bonchev–Trinajstić information content (AvgIpc) is 2.66. The molecule has 144 valence electrons. The van der Waals surface area contributed by atoms with E-state index in [1.165, 1.54) is 6.07 Å². The third kappa shape index (κ3) is 3.54. The van der Waals surface area contributed by atoms with Crippen LogP contribution in [0.15, 0.2) is 41.2 Å². The Morgan fingerprint density at radius 3 is 2.79 bits per heavy atom. The maximum Gasteiger partial charge on any atom is 0.261 e. The van der Waals surface area contributed by atoms with E-state index in [-0.39, 0.29) is 11.2 Å². The zero-order valence-corrected chi connectivity index (χ0v) is 15.8. The summed E-state index contributed by atoms with van der Waals surface area (Å²) >= 11 is 0. The van der Waals surface area contributed by atoms with Crippen LogP contribution < -0.4 is 10.9 Å². The molecular formula is C22H22FN3O2. The van der Waals surface area contributed by atoms with Crippen molar-refractivity contribution in [3.8, 4) is 0 Å². The number of benzene rings is 2. The minimum atomic E-state index is -0.488. The number of hydrogen-bond donors (Lipinski definition) is 1.